The van der Waals surface area contributed by atoms with Crippen LogP contribution in [0.25, 0.3) is 56.2 Å². The third-order valence-electron chi connectivity index (χ3n) is 9.11. The fourth-order valence-corrected chi connectivity index (χ4v) is 6.42. The minimum atomic E-state index is 0. The van der Waals surface area contributed by atoms with E-state index in [9.17, 15) is 0 Å². The van der Waals surface area contributed by atoms with Crippen LogP contribution in [-0.2, 0) is 20.1 Å². The predicted molar refractivity (Wildman–Crippen MR) is 195 cm³/mol. The molecule has 1 radical (unpaired) electrons. The number of oxazole rings is 1. The first-order valence-corrected chi connectivity index (χ1v) is 17.0. The van der Waals surface area contributed by atoms with Crippen LogP contribution in [0.3, 0.4) is 0 Å². The Morgan fingerprint density at radius 3 is 2.16 bits per heavy atom. The largest absolute Gasteiger partial charge is 0.484 e. The molecule has 0 spiro atoms. The quantitative estimate of drug-likeness (QED) is 0.157. The normalized spacial score (nSPS) is 13.0. The van der Waals surface area contributed by atoms with Crippen molar-refractivity contribution in [2.75, 3.05) is 0 Å². The van der Waals surface area contributed by atoms with Crippen LogP contribution in [0.15, 0.2) is 132 Å². The van der Waals surface area contributed by atoms with Crippen LogP contribution in [0.4, 0.5) is 0 Å². The van der Waals surface area contributed by atoms with E-state index in [0.29, 0.717) is 17.7 Å². The number of pyridine rings is 2. The van der Waals surface area contributed by atoms with Crippen LogP contribution in [0.2, 0.25) is 0 Å². The zero-order chi connectivity index (χ0) is 32.7. The van der Waals surface area contributed by atoms with Crippen LogP contribution in [0.5, 0.6) is 0 Å². The van der Waals surface area contributed by atoms with Crippen molar-refractivity contribution >= 4 is 11.1 Å². The van der Waals surface area contributed by atoms with Crippen LogP contribution in [-0.4, -0.2) is 15.0 Å². The van der Waals surface area contributed by atoms with Gasteiger partial charge < -0.3 is 14.4 Å². The van der Waals surface area contributed by atoms with E-state index in [2.05, 4.69) is 78.4 Å². The number of aromatic nitrogens is 3. The van der Waals surface area contributed by atoms with E-state index in [1.807, 2.05) is 79.0 Å². The first-order chi connectivity index (χ1) is 23.6. The maximum absolute atomic E-state index is 6.38. The molecule has 0 bridgehead atoms. The van der Waals surface area contributed by atoms with Gasteiger partial charge in [0.1, 0.15) is 0 Å². The van der Waals surface area contributed by atoms with Crippen molar-refractivity contribution < 1.29 is 24.5 Å². The summed E-state index contributed by atoms with van der Waals surface area (Å²) in [6, 6.07) is 45.9. The number of benzene rings is 4. The van der Waals surface area contributed by atoms with Gasteiger partial charge in [0.2, 0.25) is 5.89 Å². The van der Waals surface area contributed by atoms with E-state index < -0.39 is 0 Å². The van der Waals surface area contributed by atoms with Crippen molar-refractivity contribution in [1.29, 1.82) is 0 Å². The molecular formula is C44H39IrN3O-2. The Labute approximate surface area is 303 Å². The summed E-state index contributed by atoms with van der Waals surface area (Å²) in [6.45, 7) is 4.41. The predicted octanol–water partition coefficient (Wildman–Crippen LogP) is 11.7. The summed E-state index contributed by atoms with van der Waals surface area (Å²) < 4.78 is 6.38. The van der Waals surface area contributed by atoms with E-state index in [1.54, 1.807) is 6.20 Å². The minimum absolute atomic E-state index is 0. The van der Waals surface area contributed by atoms with Gasteiger partial charge in [-0.3, -0.25) is 0 Å². The Hall–Kier alpha value is -4.70. The molecule has 1 aliphatic carbocycles. The summed E-state index contributed by atoms with van der Waals surface area (Å²) in [5.41, 5.74) is 11.2. The molecule has 0 N–H and O–H groups in total. The number of fused-ring (bicyclic) bond motifs is 1. The summed E-state index contributed by atoms with van der Waals surface area (Å²) in [6.07, 6.45) is 10.3. The van der Waals surface area contributed by atoms with Gasteiger partial charge in [-0.05, 0) is 71.5 Å². The van der Waals surface area contributed by atoms with Crippen molar-refractivity contribution in [3.05, 3.63) is 151 Å². The van der Waals surface area contributed by atoms with Gasteiger partial charge in [-0.2, -0.15) is 0 Å². The SMILES string of the molecule is CC(C)c1ccnc(-c2[c-]c3nc(-c4ccccc4)oc3c(-c3ccc(C4CCCCC4)cc3)c2)c1.[Ir].[c-]1ccccc1-c1ccccn1. The zero-order valence-corrected chi connectivity index (χ0v) is 30.3. The number of nitrogens with zero attached hydrogens (tertiary/aromatic N) is 3. The molecule has 0 atom stereocenters. The third kappa shape index (κ3) is 8.13. The van der Waals surface area contributed by atoms with Crippen molar-refractivity contribution in [1.82, 2.24) is 15.0 Å². The van der Waals surface area contributed by atoms with Gasteiger partial charge in [0.05, 0.1) is 5.58 Å². The van der Waals surface area contributed by atoms with E-state index >= 15 is 0 Å². The molecule has 0 saturated heterocycles. The molecule has 4 aromatic carbocycles. The zero-order valence-electron chi connectivity index (χ0n) is 27.9. The van der Waals surface area contributed by atoms with E-state index in [0.717, 1.165) is 50.3 Å². The Bertz CT molecular complexity index is 2030. The van der Waals surface area contributed by atoms with Crippen molar-refractivity contribution in [3.63, 3.8) is 0 Å². The first-order valence-electron chi connectivity index (χ1n) is 17.0. The molecule has 49 heavy (non-hydrogen) atoms. The second-order valence-corrected chi connectivity index (χ2v) is 12.7. The second kappa shape index (κ2) is 16.1. The molecule has 8 rings (SSSR count). The van der Waals surface area contributed by atoms with Crippen LogP contribution in [0, 0.1) is 12.1 Å². The molecular weight excluding hydrogens is 779 g/mol. The fraction of sp³-hybridized carbons (Fsp3) is 0.205. The van der Waals surface area contributed by atoms with Gasteiger partial charge in [0.25, 0.3) is 0 Å². The monoisotopic (exact) mass is 818 g/mol. The average Bonchev–Trinajstić information content (AvgIpc) is 3.61. The molecule has 1 saturated carbocycles. The summed E-state index contributed by atoms with van der Waals surface area (Å²) in [4.78, 5) is 13.8. The Morgan fingerprint density at radius 1 is 0.694 bits per heavy atom. The fourth-order valence-electron chi connectivity index (χ4n) is 6.42. The Kier molecular flexibility index (Phi) is 11.3. The number of rotatable bonds is 6. The number of hydrogen-bond acceptors (Lipinski definition) is 4. The van der Waals surface area contributed by atoms with Gasteiger partial charge in [0, 0.05) is 43.6 Å². The molecule has 0 unspecified atom stereocenters. The molecule has 4 nitrogen and oxygen atoms in total. The smallest absolute Gasteiger partial charge is 0.216 e. The minimum Gasteiger partial charge on any atom is -0.484 e. The molecule has 1 fully saturated rings. The summed E-state index contributed by atoms with van der Waals surface area (Å²) in [5.74, 6) is 1.73. The summed E-state index contributed by atoms with van der Waals surface area (Å²) in [7, 11) is 0. The third-order valence-corrected chi connectivity index (χ3v) is 9.11. The van der Waals surface area contributed by atoms with E-state index in [4.69, 9.17) is 9.40 Å². The molecule has 247 valence electrons. The van der Waals surface area contributed by atoms with Crippen LogP contribution >= 0.6 is 0 Å². The first kappa shape index (κ1) is 34.2. The molecule has 3 aromatic heterocycles. The Morgan fingerprint density at radius 2 is 1.45 bits per heavy atom. The molecule has 7 aromatic rings. The van der Waals surface area contributed by atoms with Crippen LogP contribution in [0.1, 0.15) is 68.9 Å². The van der Waals surface area contributed by atoms with Gasteiger partial charge in [-0.25, -0.2) is 4.98 Å². The van der Waals surface area contributed by atoms with Crippen molar-refractivity contribution in [2.24, 2.45) is 0 Å². The van der Waals surface area contributed by atoms with E-state index in [1.165, 1.54) is 43.2 Å². The standard InChI is InChI=1S/C33H31N2O.C11H8N.Ir/c1-22(2)27-17-18-34-30(20-27)28-19-29(25-15-13-24(14-16-25)23-9-5-3-6-10-23)32-31(21-28)35-33(36-32)26-11-7-4-8-12-26;1-2-6-10(7-3-1)11-8-4-5-9-12-11;/h4,7-8,11-20,22-23H,3,5-6,9-10H2,1-2H3;1-6,8-9H;/q2*-1;. The molecule has 5 heteroatoms. The summed E-state index contributed by atoms with van der Waals surface area (Å²) in [5, 5.41) is 0. The molecule has 0 amide bonds. The van der Waals surface area contributed by atoms with Gasteiger partial charge >= 0.3 is 0 Å². The van der Waals surface area contributed by atoms with Gasteiger partial charge in [-0.1, -0.05) is 105 Å². The molecule has 3 heterocycles. The second-order valence-electron chi connectivity index (χ2n) is 12.7. The maximum atomic E-state index is 6.38. The van der Waals surface area contributed by atoms with Crippen molar-refractivity contribution in [2.45, 2.75) is 57.8 Å². The molecule has 0 aliphatic heterocycles. The number of hydrogen-bond donors (Lipinski definition) is 0. The Balaban J connectivity index is 0.000000270. The average molecular weight is 818 g/mol. The van der Waals surface area contributed by atoms with Gasteiger partial charge in [0.15, 0.2) is 0 Å². The summed E-state index contributed by atoms with van der Waals surface area (Å²) >= 11 is 0. The molecule has 1 aliphatic rings. The topological polar surface area (TPSA) is 51.8 Å². The maximum Gasteiger partial charge on any atom is 0.216 e. The van der Waals surface area contributed by atoms with Crippen molar-refractivity contribution in [3.8, 4) is 45.1 Å². The van der Waals surface area contributed by atoms with Gasteiger partial charge in [-0.15, -0.1) is 53.6 Å². The van der Waals surface area contributed by atoms with Crippen LogP contribution < -0.4 is 0 Å². The van der Waals surface area contributed by atoms with E-state index in [-0.39, 0.29) is 20.1 Å².